The lowest BCUT2D eigenvalue weighted by Crippen LogP contribution is -2.14. The van der Waals surface area contributed by atoms with Gasteiger partial charge < -0.3 is 5.32 Å². The van der Waals surface area contributed by atoms with Gasteiger partial charge in [0.2, 0.25) is 5.91 Å². The summed E-state index contributed by atoms with van der Waals surface area (Å²) in [5, 5.41) is 2.81. The Bertz CT molecular complexity index is 876. The number of rotatable bonds is 4. The van der Waals surface area contributed by atoms with Gasteiger partial charge in [0, 0.05) is 17.8 Å². The summed E-state index contributed by atoms with van der Waals surface area (Å²) in [7, 11) is -3.66. The fourth-order valence-corrected chi connectivity index (χ4v) is 3.89. The number of hydrogen-bond acceptors (Lipinski definition) is 3. The number of carbonyl (C=O) groups is 1. The highest BCUT2D eigenvalue weighted by molar-refractivity contribution is 7.92. The first-order chi connectivity index (χ1) is 11.5. The van der Waals surface area contributed by atoms with Gasteiger partial charge in [0.05, 0.1) is 4.90 Å². The molecule has 1 amide bonds. The molecule has 0 saturated heterocycles. The summed E-state index contributed by atoms with van der Waals surface area (Å²) in [6.07, 6.45) is 2.70. The molecular formula is C18H20N2O3S. The van der Waals surface area contributed by atoms with Gasteiger partial charge >= 0.3 is 0 Å². The van der Waals surface area contributed by atoms with Crippen molar-refractivity contribution in [3.63, 3.8) is 0 Å². The number of hydrogen-bond donors (Lipinski definition) is 2. The number of aryl methyl sites for hydroxylation is 2. The van der Waals surface area contributed by atoms with Crippen LogP contribution < -0.4 is 10.0 Å². The number of carbonyl (C=O) groups excluding carboxylic acids is 1. The molecule has 6 heteroatoms. The summed E-state index contributed by atoms with van der Waals surface area (Å²) >= 11 is 0. The van der Waals surface area contributed by atoms with Gasteiger partial charge in [0.15, 0.2) is 0 Å². The van der Waals surface area contributed by atoms with Gasteiger partial charge in [-0.1, -0.05) is 19.1 Å². The highest BCUT2D eigenvalue weighted by Crippen LogP contribution is 2.26. The summed E-state index contributed by atoms with van der Waals surface area (Å²) in [6, 6.07) is 12.2. The van der Waals surface area contributed by atoms with E-state index < -0.39 is 10.0 Å². The zero-order valence-corrected chi connectivity index (χ0v) is 14.3. The molecule has 2 N–H and O–H groups in total. The second-order valence-electron chi connectivity index (χ2n) is 5.88. The molecule has 126 valence electrons. The highest BCUT2D eigenvalue weighted by atomic mass is 32.2. The largest absolute Gasteiger partial charge is 0.326 e. The number of fused-ring (bicyclic) bond motifs is 1. The van der Waals surface area contributed by atoms with E-state index >= 15 is 0 Å². The van der Waals surface area contributed by atoms with Crippen molar-refractivity contribution in [3.8, 4) is 0 Å². The molecule has 1 aliphatic rings. The second-order valence-corrected chi connectivity index (χ2v) is 7.56. The highest BCUT2D eigenvalue weighted by Gasteiger charge is 2.19. The Kier molecular flexibility index (Phi) is 4.57. The third-order valence-electron chi connectivity index (χ3n) is 4.10. The monoisotopic (exact) mass is 344 g/mol. The Morgan fingerprint density at radius 1 is 1.12 bits per heavy atom. The standard InChI is InChI=1S/C18H20N2O3S/c1-2-13-5-3-7-15(11-13)20-24(22,23)16-9-10-17-14(12-16)6-4-8-18(21)19-17/h3,5,7,9-12,20H,2,4,6,8H2,1H3,(H,19,21). The first-order valence-corrected chi connectivity index (χ1v) is 9.51. The van der Waals surface area contributed by atoms with Crippen molar-refractivity contribution in [1.29, 1.82) is 0 Å². The average molecular weight is 344 g/mol. The number of amides is 1. The lowest BCUT2D eigenvalue weighted by atomic mass is 10.1. The molecule has 0 bridgehead atoms. The molecule has 0 aliphatic carbocycles. The molecule has 0 radical (unpaired) electrons. The van der Waals surface area contributed by atoms with Crippen molar-refractivity contribution < 1.29 is 13.2 Å². The number of anilines is 2. The van der Waals surface area contributed by atoms with Gasteiger partial charge in [-0.15, -0.1) is 0 Å². The summed E-state index contributed by atoms with van der Waals surface area (Å²) in [5.41, 5.74) is 3.17. The van der Waals surface area contributed by atoms with E-state index in [2.05, 4.69) is 10.0 Å². The van der Waals surface area contributed by atoms with Crippen LogP contribution in [0.25, 0.3) is 0 Å². The van der Waals surface area contributed by atoms with Crippen LogP contribution in [0.15, 0.2) is 47.4 Å². The van der Waals surface area contributed by atoms with Gasteiger partial charge in [-0.2, -0.15) is 0 Å². The maximum atomic E-state index is 12.6. The first kappa shape index (κ1) is 16.5. The summed E-state index contributed by atoms with van der Waals surface area (Å²) in [5.74, 6) is -0.0288. The Balaban J connectivity index is 1.89. The quantitative estimate of drug-likeness (QED) is 0.893. The SMILES string of the molecule is CCc1cccc(NS(=O)(=O)c2ccc3c(c2)CCCC(=O)N3)c1. The van der Waals surface area contributed by atoms with Crippen LogP contribution in [0.5, 0.6) is 0 Å². The van der Waals surface area contributed by atoms with Crippen LogP contribution in [0, 0.1) is 0 Å². The first-order valence-electron chi connectivity index (χ1n) is 8.02. The molecule has 3 rings (SSSR count). The smallest absolute Gasteiger partial charge is 0.261 e. The zero-order chi connectivity index (χ0) is 17.2. The van der Waals surface area contributed by atoms with Crippen LogP contribution in [0.3, 0.4) is 0 Å². The van der Waals surface area contributed by atoms with E-state index in [0.717, 1.165) is 17.5 Å². The summed E-state index contributed by atoms with van der Waals surface area (Å²) < 4.78 is 27.9. The molecule has 0 spiro atoms. The van der Waals surface area contributed by atoms with E-state index in [1.807, 2.05) is 25.1 Å². The Morgan fingerprint density at radius 3 is 2.75 bits per heavy atom. The van der Waals surface area contributed by atoms with Crippen molar-refractivity contribution in [3.05, 3.63) is 53.6 Å². The van der Waals surface area contributed by atoms with Crippen LogP contribution in [0.2, 0.25) is 0 Å². The van der Waals surface area contributed by atoms with E-state index in [-0.39, 0.29) is 10.8 Å². The van der Waals surface area contributed by atoms with Gasteiger partial charge in [-0.25, -0.2) is 8.42 Å². The van der Waals surface area contributed by atoms with Gasteiger partial charge in [-0.05, 0) is 60.7 Å². The third kappa shape index (κ3) is 3.59. The predicted octanol–water partition coefficient (Wildman–Crippen LogP) is 3.32. The molecule has 2 aromatic rings. The number of sulfonamides is 1. The molecule has 0 fully saturated rings. The Hall–Kier alpha value is -2.34. The van der Waals surface area contributed by atoms with E-state index in [9.17, 15) is 13.2 Å². The van der Waals surface area contributed by atoms with Gasteiger partial charge in [0.25, 0.3) is 10.0 Å². The molecule has 5 nitrogen and oxygen atoms in total. The summed E-state index contributed by atoms with van der Waals surface area (Å²) in [6.45, 7) is 2.02. The molecule has 0 aromatic heterocycles. The van der Waals surface area contributed by atoms with E-state index in [1.165, 1.54) is 6.07 Å². The second kappa shape index (κ2) is 6.65. The fourth-order valence-electron chi connectivity index (χ4n) is 2.79. The van der Waals surface area contributed by atoms with Crippen molar-refractivity contribution in [2.75, 3.05) is 10.0 Å². The van der Waals surface area contributed by atoms with Crippen LogP contribution in [0.4, 0.5) is 11.4 Å². The lowest BCUT2D eigenvalue weighted by Gasteiger charge is -2.12. The molecule has 1 heterocycles. The predicted molar refractivity (Wildman–Crippen MR) is 94.6 cm³/mol. The third-order valence-corrected chi connectivity index (χ3v) is 5.48. The van der Waals surface area contributed by atoms with Crippen molar-refractivity contribution in [1.82, 2.24) is 0 Å². The molecule has 1 aliphatic heterocycles. The van der Waals surface area contributed by atoms with Crippen LogP contribution in [-0.4, -0.2) is 14.3 Å². The minimum atomic E-state index is -3.66. The van der Waals surface area contributed by atoms with E-state index in [4.69, 9.17) is 0 Å². The van der Waals surface area contributed by atoms with Crippen LogP contribution in [-0.2, 0) is 27.7 Å². The van der Waals surface area contributed by atoms with Crippen molar-refractivity contribution in [2.45, 2.75) is 37.5 Å². The average Bonchev–Trinajstić information content (AvgIpc) is 2.74. The Labute approximate surface area is 142 Å². The van der Waals surface area contributed by atoms with Crippen molar-refractivity contribution >= 4 is 27.3 Å². The lowest BCUT2D eigenvalue weighted by molar-refractivity contribution is -0.116. The maximum absolute atomic E-state index is 12.6. The van der Waals surface area contributed by atoms with Gasteiger partial charge in [0.1, 0.15) is 0 Å². The molecule has 24 heavy (non-hydrogen) atoms. The molecular weight excluding hydrogens is 324 g/mol. The molecule has 0 unspecified atom stereocenters. The fraction of sp³-hybridized carbons (Fsp3) is 0.278. The van der Waals surface area contributed by atoms with Crippen LogP contribution in [0.1, 0.15) is 30.9 Å². The Morgan fingerprint density at radius 2 is 1.96 bits per heavy atom. The van der Waals surface area contributed by atoms with Gasteiger partial charge in [-0.3, -0.25) is 9.52 Å². The van der Waals surface area contributed by atoms with Crippen molar-refractivity contribution in [2.24, 2.45) is 0 Å². The topological polar surface area (TPSA) is 75.3 Å². The molecule has 0 saturated carbocycles. The number of nitrogens with one attached hydrogen (secondary N) is 2. The van der Waals surface area contributed by atoms with E-state index in [1.54, 1.807) is 18.2 Å². The normalized spacial score (nSPS) is 14.5. The minimum Gasteiger partial charge on any atom is -0.326 e. The zero-order valence-electron chi connectivity index (χ0n) is 13.5. The number of benzene rings is 2. The molecule has 0 atom stereocenters. The van der Waals surface area contributed by atoms with Crippen LogP contribution >= 0.6 is 0 Å². The maximum Gasteiger partial charge on any atom is 0.261 e. The summed E-state index contributed by atoms with van der Waals surface area (Å²) in [4.78, 5) is 11.8. The molecule has 2 aromatic carbocycles. The minimum absolute atomic E-state index is 0.0288. The van der Waals surface area contributed by atoms with E-state index in [0.29, 0.717) is 30.6 Å².